The normalized spacial score (nSPS) is 11.7. The van der Waals surface area contributed by atoms with Gasteiger partial charge in [0, 0.05) is 22.6 Å². The van der Waals surface area contributed by atoms with Gasteiger partial charge in [-0.2, -0.15) is 0 Å². The largest absolute Gasteiger partial charge is 0.478 e. The fourth-order valence-electron chi connectivity index (χ4n) is 2.86. The van der Waals surface area contributed by atoms with Crippen LogP contribution in [0, 0.1) is 0 Å². The highest BCUT2D eigenvalue weighted by Crippen LogP contribution is 2.32. The number of nitrogens with zero attached hydrogens (tertiary/aromatic N) is 1. The van der Waals surface area contributed by atoms with Crippen molar-refractivity contribution in [2.24, 2.45) is 0 Å². The molecule has 1 aromatic heterocycles. The number of aromatic nitrogens is 1. The molecule has 0 radical (unpaired) electrons. The summed E-state index contributed by atoms with van der Waals surface area (Å²) < 4.78 is 2.30. The molecular weight excluding hydrogens is 322 g/mol. The van der Waals surface area contributed by atoms with E-state index in [1.807, 2.05) is 24.3 Å². The molecule has 138 valence electrons. The zero-order valence-corrected chi connectivity index (χ0v) is 16.2. The van der Waals surface area contributed by atoms with E-state index >= 15 is 0 Å². The van der Waals surface area contributed by atoms with Gasteiger partial charge in [0.25, 0.3) is 0 Å². The molecule has 1 unspecified atom stereocenters. The van der Waals surface area contributed by atoms with Crippen molar-refractivity contribution in [3.05, 3.63) is 60.2 Å². The maximum Gasteiger partial charge on any atom is 0.335 e. The maximum atomic E-state index is 11.2. The van der Waals surface area contributed by atoms with Gasteiger partial charge in [0.2, 0.25) is 0 Å². The molecule has 3 nitrogen and oxygen atoms in total. The second-order valence-corrected chi connectivity index (χ2v) is 6.60. The molecule has 0 bridgehead atoms. The molecule has 1 atom stereocenters. The Bertz CT molecular complexity index is 847. The SMILES string of the molecule is CCC(C)n1c(-c2ccccc2)cc2cc(C(=O)O)ccc21.CCCC. The number of carbonyl (C=O) groups is 1. The summed E-state index contributed by atoms with van der Waals surface area (Å²) in [5, 5.41) is 10.2. The fraction of sp³-hybridized carbons (Fsp3) is 0.348. The molecule has 0 saturated heterocycles. The van der Waals surface area contributed by atoms with E-state index in [0.717, 1.165) is 28.6 Å². The van der Waals surface area contributed by atoms with E-state index in [0.29, 0.717) is 11.6 Å². The quantitative estimate of drug-likeness (QED) is 0.550. The molecule has 0 fully saturated rings. The average Bonchev–Trinajstić information content (AvgIpc) is 3.06. The van der Waals surface area contributed by atoms with E-state index in [2.05, 4.69) is 50.5 Å². The summed E-state index contributed by atoms with van der Waals surface area (Å²) in [6.07, 6.45) is 3.66. The highest BCUT2D eigenvalue weighted by Gasteiger charge is 2.15. The van der Waals surface area contributed by atoms with E-state index in [9.17, 15) is 9.90 Å². The van der Waals surface area contributed by atoms with Crippen molar-refractivity contribution in [1.82, 2.24) is 4.57 Å². The summed E-state index contributed by atoms with van der Waals surface area (Å²) in [6.45, 7) is 8.72. The van der Waals surface area contributed by atoms with E-state index in [4.69, 9.17) is 0 Å². The molecule has 0 aliphatic heterocycles. The molecule has 3 aromatic rings. The lowest BCUT2D eigenvalue weighted by Gasteiger charge is -2.17. The number of benzene rings is 2. The Kier molecular flexibility index (Phi) is 7.02. The maximum absolute atomic E-state index is 11.2. The van der Waals surface area contributed by atoms with Crippen molar-refractivity contribution in [3.8, 4) is 11.3 Å². The van der Waals surface area contributed by atoms with Crippen LogP contribution in [-0.4, -0.2) is 15.6 Å². The Morgan fingerprint density at radius 3 is 2.19 bits per heavy atom. The van der Waals surface area contributed by atoms with Crippen LogP contribution >= 0.6 is 0 Å². The summed E-state index contributed by atoms with van der Waals surface area (Å²) in [4.78, 5) is 11.2. The molecule has 0 amide bonds. The molecule has 0 spiro atoms. The van der Waals surface area contributed by atoms with E-state index < -0.39 is 5.97 Å². The Hall–Kier alpha value is -2.55. The summed E-state index contributed by atoms with van der Waals surface area (Å²) in [7, 11) is 0. The molecule has 0 aliphatic rings. The van der Waals surface area contributed by atoms with Crippen LogP contribution < -0.4 is 0 Å². The third kappa shape index (κ3) is 4.34. The molecule has 26 heavy (non-hydrogen) atoms. The number of fused-ring (bicyclic) bond motifs is 1. The first-order chi connectivity index (χ1) is 12.5. The molecule has 0 aliphatic carbocycles. The third-order valence-corrected chi connectivity index (χ3v) is 4.69. The van der Waals surface area contributed by atoms with Crippen molar-refractivity contribution < 1.29 is 9.90 Å². The smallest absolute Gasteiger partial charge is 0.335 e. The molecular formula is C23H29NO2. The van der Waals surface area contributed by atoms with Crippen LogP contribution in [0.3, 0.4) is 0 Å². The van der Waals surface area contributed by atoms with E-state index in [-0.39, 0.29) is 0 Å². The molecule has 3 heteroatoms. The number of carboxylic acids is 1. The number of carboxylic acid groups (broad SMARTS) is 1. The van der Waals surface area contributed by atoms with Crippen molar-refractivity contribution in [2.75, 3.05) is 0 Å². The molecule has 1 N–H and O–H groups in total. The zero-order valence-electron chi connectivity index (χ0n) is 16.2. The first-order valence-electron chi connectivity index (χ1n) is 9.47. The van der Waals surface area contributed by atoms with Gasteiger partial charge in [0.05, 0.1) is 5.56 Å². The molecule has 0 saturated carbocycles. The van der Waals surface area contributed by atoms with Gasteiger partial charge in [-0.15, -0.1) is 0 Å². The highest BCUT2D eigenvalue weighted by molar-refractivity contribution is 5.95. The Morgan fingerprint density at radius 1 is 1.00 bits per heavy atom. The topological polar surface area (TPSA) is 42.2 Å². The predicted octanol–water partition coefficient (Wildman–Crippen LogP) is 6.78. The molecule has 2 aromatic carbocycles. The van der Waals surface area contributed by atoms with Gasteiger partial charge in [-0.1, -0.05) is 63.9 Å². The molecule has 1 heterocycles. The van der Waals surface area contributed by atoms with Gasteiger partial charge < -0.3 is 9.67 Å². The zero-order chi connectivity index (χ0) is 19.1. The number of hydrogen-bond donors (Lipinski definition) is 1. The Balaban J connectivity index is 0.000000552. The molecule has 3 rings (SSSR count). The lowest BCUT2D eigenvalue weighted by molar-refractivity contribution is 0.0697. The minimum absolute atomic E-state index is 0.327. The van der Waals surface area contributed by atoms with Crippen molar-refractivity contribution in [3.63, 3.8) is 0 Å². The van der Waals surface area contributed by atoms with Crippen LogP contribution in [0.1, 0.15) is 63.4 Å². The number of hydrogen-bond acceptors (Lipinski definition) is 1. The van der Waals surface area contributed by atoms with Crippen LogP contribution in [0.25, 0.3) is 22.2 Å². The first kappa shape index (κ1) is 19.8. The Labute approximate surface area is 156 Å². The van der Waals surface area contributed by atoms with Crippen LogP contribution in [0.15, 0.2) is 54.6 Å². The lowest BCUT2D eigenvalue weighted by atomic mass is 10.1. The van der Waals surface area contributed by atoms with Crippen molar-refractivity contribution in [2.45, 2.75) is 53.0 Å². The second kappa shape index (κ2) is 9.23. The monoisotopic (exact) mass is 351 g/mol. The van der Waals surface area contributed by atoms with Gasteiger partial charge in [-0.05, 0) is 43.2 Å². The number of aromatic carboxylic acids is 1. The van der Waals surface area contributed by atoms with Crippen LogP contribution in [-0.2, 0) is 0 Å². The highest BCUT2D eigenvalue weighted by atomic mass is 16.4. The second-order valence-electron chi connectivity index (χ2n) is 6.60. The van der Waals surface area contributed by atoms with Crippen LogP contribution in [0.2, 0.25) is 0 Å². The van der Waals surface area contributed by atoms with Gasteiger partial charge >= 0.3 is 5.97 Å². The average molecular weight is 351 g/mol. The van der Waals surface area contributed by atoms with E-state index in [1.54, 1.807) is 12.1 Å². The standard InChI is InChI=1S/C19H19NO2.C4H10/c1-3-13(2)20-17-10-9-15(19(21)22)11-16(17)12-18(20)14-7-5-4-6-8-14;1-3-4-2/h4-13H,3H2,1-2H3,(H,21,22);3-4H2,1-2H3. The number of rotatable bonds is 5. The minimum Gasteiger partial charge on any atom is -0.478 e. The predicted molar refractivity (Wildman–Crippen MR) is 110 cm³/mol. The van der Waals surface area contributed by atoms with Crippen LogP contribution in [0.5, 0.6) is 0 Å². The summed E-state index contributed by atoms with van der Waals surface area (Å²) in [5.74, 6) is -0.889. The summed E-state index contributed by atoms with van der Waals surface area (Å²) in [6, 6.07) is 18.0. The van der Waals surface area contributed by atoms with E-state index in [1.165, 1.54) is 12.8 Å². The van der Waals surface area contributed by atoms with Crippen molar-refractivity contribution in [1.29, 1.82) is 0 Å². The van der Waals surface area contributed by atoms with Gasteiger partial charge in [-0.25, -0.2) is 4.79 Å². The van der Waals surface area contributed by atoms with Gasteiger partial charge in [0.1, 0.15) is 0 Å². The fourth-order valence-corrected chi connectivity index (χ4v) is 2.86. The van der Waals surface area contributed by atoms with Crippen LogP contribution in [0.4, 0.5) is 0 Å². The van der Waals surface area contributed by atoms with Crippen molar-refractivity contribution >= 4 is 16.9 Å². The first-order valence-corrected chi connectivity index (χ1v) is 9.47. The van der Waals surface area contributed by atoms with Gasteiger partial charge in [0.15, 0.2) is 0 Å². The van der Waals surface area contributed by atoms with Gasteiger partial charge in [-0.3, -0.25) is 0 Å². The Morgan fingerprint density at radius 2 is 1.65 bits per heavy atom. The minimum atomic E-state index is -0.889. The summed E-state index contributed by atoms with van der Waals surface area (Å²) >= 11 is 0. The number of unbranched alkanes of at least 4 members (excludes halogenated alkanes) is 1. The third-order valence-electron chi connectivity index (χ3n) is 4.69. The lowest BCUT2D eigenvalue weighted by Crippen LogP contribution is -2.05. The summed E-state index contributed by atoms with van der Waals surface area (Å²) in [5.41, 5.74) is 3.69.